The number of carbonyl (C=O) groups is 1. The first-order chi connectivity index (χ1) is 10.7. The molecule has 0 spiro atoms. The van der Waals surface area contributed by atoms with Crippen LogP contribution in [0.4, 0.5) is 0 Å². The van der Waals surface area contributed by atoms with E-state index in [1.165, 1.54) is 4.90 Å². The van der Waals surface area contributed by atoms with Crippen LogP contribution in [0.5, 0.6) is 5.75 Å². The van der Waals surface area contributed by atoms with Crippen molar-refractivity contribution in [2.75, 3.05) is 33.5 Å². The predicted octanol–water partition coefficient (Wildman–Crippen LogP) is 3.83. The zero-order valence-corrected chi connectivity index (χ0v) is 14.0. The van der Waals surface area contributed by atoms with Crippen LogP contribution in [0.15, 0.2) is 47.4 Å². The third kappa shape index (κ3) is 4.12. The Hall–Kier alpha value is -1.78. The molecule has 0 unspecified atom stereocenters. The van der Waals surface area contributed by atoms with Gasteiger partial charge in [-0.3, -0.25) is 4.79 Å². The summed E-state index contributed by atoms with van der Waals surface area (Å²) in [6.45, 7) is 1.38. The van der Waals surface area contributed by atoms with Crippen molar-refractivity contribution in [3.05, 3.63) is 48.0 Å². The fraction of sp³-hybridized carbons (Fsp3) is 0.278. The summed E-state index contributed by atoms with van der Waals surface area (Å²) in [5.74, 6) is 0.641. The molecule has 0 aliphatic carbocycles. The minimum Gasteiger partial charge on any atom is -0.492 e. The second-order valence-corrected chi connectivity index (χ2v) is 6.07. The smallest absolute Gasteiger partial charge is 0.153 e. The monoisotopic (exact) mass is 315 g/mol. The molecule has 0 radical (unpaired) electrons. The van der Waals surface area contributed by atoms with Crippen molar-refractivity contribution in [1.82, 2.24) is 4.90 Å². The fourth-order valence-corrected chi connectivity index (χ4v) is 2.78. The quantitative estimate of drug-likeness (QED) is 0.574. The van der Waals surface area contributed by atoms with Gasteiger partial charge in [-0.2, -0.15) is 0 Å². The van der Waals surface area contributed by atoms with Crippen molar-refractivity contribution in [3.63, 3.8) is 0 Å². The molecule has 2 aromatic rings. The number of carbonyl (C=O) groups excluding carboxylic acids is 1. The molecule has 3 nitrogen and oxygen atoms in total. The average molecular weight is 315 g/mol. The molecule has 0 bridgehead atoms. The Morgan fingerprint density at radius 1 is 1.18 bits per heavy atom. The summed E-state index contributed by atoms with van der Waals surface area (Å²) >= 11 is 1.70. The maximum atomic E-state index is 11.4. The van der Waals surface area contributed by atoms with E-state index >= 15 is 0 Å². The van der Waals surface area contributed by atoms with Gasteiger partial charge in [-0.1, -0.05) is 24.3 Å². The van der Waals surface area contributed by atoms with Gasteiger partial charge in [0.05, 0.1) is 5.56 Å². The number of nitrogens with zero attached hydrogens (tertiary/aromatic N) is 1. The van der Waals surface area contributed by atoms with E-state index in [4.69, 9.17) is 4.74 Å². The first-order valence-electron chi connectivity index (χ1n) is 7.16. The number of thioether (sulfide) groups is 1. The van der Waals surface area contributed by atoms with Crippen molar-refractivity contribution >= 4 is 18.0 Å². The zero-order chi connectivity index (χ0) is 15.9. The molecule has 0 amide bonds. The number of benzene rings is 2. The Bertz CT molecular complexity index is 641. The predicted molar refractivity (Wildman–Crippen MR) is 93.1 cm³/mol. The molecular weight excluding hydrogens is 294 g/mol. The first-order valence-corrected chi connectivity index (χ1v) is 8.38. The second kappa shape index (κ2) is 8.01. The summed E-state index contributed by atoms with van der Waals surface area (Å²) in [5.41, 5.74) is 2.76. The van der Waals surface area contributed by atoms with Gasteiger partial charge in [0.1, 0.15) is 12.4 Å². The molecule has 2 rings (SSSR count). The van der Waals surface area contributed by atoms with E-state index in [9.17, 15) is 4.79 Å². The summed E-state index contributed by atoms with van der Waals surface area (Å²) in [5, 5.41) is 0. The summed E-state index contributed by atoms with van der Waals surface area (Å²) in [6.07, 6.45) is 2.91. The average Bonchev–Trinajstić information content (AvgIpc) is 2.54. The Balaban J connectivity index is 2.27. The summed E-state index contributed by atoms with van der Waals surface area (Å²) in [7, 11) is 3.98. The standard InChI is InChI=1S/C18H21NO2S/c1-19(2)10-11-21-17-9-8-14(12-15(17)13-20)16-6-4-5-7-18(16)22-3/h4-9,12-13H,10-11H2,1-3H3. The van der Waals surface area contributed by atoms with Crippen molar-refractivity contribution in [2.45, 2.75) is 4.90 Å². The molecular formula is C18H21NO2S. The van der Waals surface area contributed by atoms with Gasteiger partial charge >= 0.3 is 0 Å². The van der Waals surface area contributed by atoms with Crippen LogP contribution >= 0.6 is 11.8 Å². The first kappa shape index (κ1) is 16.6. The van der Waals surface area contributed by atoms with E-state index < -0.39 is 0 Å². The van der Waals surface area contributed by atoms with E-state index in [1.54, 1.807) is 11.8 Å². The summed E-state index contributed by atoms with van der Waals surface area (Å²) < 4.78 is 5.71. The maximum Gasteiger partial charge on any atom is 0.153 e. The van der Waals surface area contributed by atoms with Crippen LogP contribution in [0.25, 0.3) is 11.1 Å². The Morgan fingerprint density at radius 3 is 2.64 bits per heavy atom. The van der Waals surface area contributed by atoms with Crippen molar-refractivity contribution in [1.29, 1.82) is 0 Å². The third-order valence-electron chi connectivity index (χ3n) is 3.35. The topological polar surface area (TPSA) is 29.5 Å². The van der Waals surface area contributed by atoms with Crippen LogP contribution in [0.1, 0.15) is 10.4 Å². The number of ether oxygens (including phenoxy) is 1. The number of hydrogen-bond donors (Lipinski definition) is 0. The minimum atomic E-state index is 0.564. The third-order valence-corrected chi connectivity index (χ3v) is 4.15. The lowest BCUT2D eigenvalue weighted by Crippen LogP contribution is -2.19. The lowest BCUT2D eigenvalue weighted by Gasteiger charge is -2.14. The van der Waals surface area contributed by atoms with Gasteiger partial charge in [0.15, 0.2) is 6.29 Å². The lowest BCUT2D eigenvalue weighted by molar-refractivity contribution is 0.111. The van der Waals surface area contributed by atoms with E-state index in [2.05, 4.69) is 18.4 Å². The van der Waals surface area contributed by atoms with Crippen LogP contribution in [0, 0.1) is 0 Å². The van der Waals surface area contributed by atoms with Gasteiger partial charge in [0.2, 0.25) is 0 Å². The molecule has 0 aliphatic heterocycles. The highest BCUT2D eigenvalue weighted by Gasteiger charge is 2.09. The zero-order valence-electron chi connectivity index (χ0n) is 13.2. The molecule has 4 heteroatoms. The Morgan fingerprint density at radius 2 is 1.95 bits per heavy atom. The molecule has 116 valence electrons. The molecule has 0 aromatic heterocycles. The van der Waals surface area contributed by atoms with E-state index in [-0.39, 0.29) is 0 Å². The largest absolute Gasteiger partial charge is 0.492 e. The molecule has 0 fully saturated rings. The minimum absolute atomic E-state index is 0.564. The van der Waals surface area contributed by atoms with Crippen LogP contribution in [0.3, 0.4) is 0 Å². The number of hydrogen-bond acceptors (Lipinski definition) is 4. The SMILES string of the molecule is CSc1ccccc1-c1ccc(OCCN(C)C)c(C=O)c1. The van der Waals surface area contributed by atoms with Crippen LogP contribution < -0.4 is 4.74 Å². The summed E-state index contributed by atoms with van der Waals surface area (Å²) in [6, 6.07) is 14.0. The van der Waals surface area contributed by atoms with Gasteiger partial charge in [0.25, 0.3) is 0 Å². The van der Waals surface area contributed by atoms with Crippen LogP contribution in [-0.2, 0) is 0 Å². The summed E-state index contributed by atoms with van der Waals surface area (Å²) in [4.78, 5) is 14.6. The van der Waals surface area contributed by atoms with E-state index in [0.29, 0.717) is 17.9 Å². The van der Waals surface area contributed by atoms with Crippen molar-refractivity contribution < 1.29 is 9.53 Å². The Labute approximate surface area is 136 Å². The van der Waals surface area contributed by atoms with Crippen molar-refractivity contribution in [2.24, 2.45) is 0 Å². The normalized spacial score (nSPS) is 10.7. The number of likely N-dealkylation sites (N-methyl/N-ethyl adjacent to an activating group) is 1. The van der Waals surface area contributed by atoms with Gasteiger partial charge in [-0.15, -0.1) is 11.8 Å². The fourth-order valence-electron chi connectivity index (χ4n) is 2.16. The lowest BCUT2D eigenvalue weighted by atomic mass is 10.0. The molecule has 0 saturated heterocycles. The number of rotatable bonds is 7. The molecule has 0 saturated carbocycles. The van der Waals surface area contributed by atoms with Crippen molar-refractivity contribution in [3.8, 4) is 16.9 Å². The van der Waals surface area contributed by atoms with Gasteiger partial charge in [-0.05, 0) is 49.7 Å². The number of aldehydes is 1. The van der Waals surface area contributed by atoms with Gasteiger partial charge < -0.3 is 9.64 Å². The highest BCUT2D eigenvalue weighted by atomic mass is 32.2. The van der Waals surface area contributed by atoms with Gasteiger partial charge in [0, 0.05) is 11.4 Å². The molecule has 0 atom stereocenters. The second-order valence-electron chi connectivity index (χ2n) is 5.22. The molecule has 22 heavy (non-hydrogen) atoms. The Kier molecular flexibility index (Phi) is 6.04. The highest BCUT2D eigenvalue weighted by Crippen LogP contribution is 2.32. The molecule has 0 N–H and O–H groups in total. The van der Waals surface area contributed by atoms with Crippen LogP contribution in [0.2, 0.25) is 0 Å². The maximum absolute atomic E-state index is 11.4. The molecule has 0 heterocycles. The highest BCUT2D eigenvalue weighted by molar-refractivity contribution is 7.98. The van der Waals surface area contributed by atoms with Gasteiger partial charge in [-0.25, -0.2) is 0 Å². The van der Waals surface area contributed by atoms with E-state index in [1.807, 2.05) is 49.3 Å². The van der Waals surface area contributed by atoms with E-state index in [0.717, 1.165) is 24.0 Å². The molecule has 0 aliphatic rings. The molecule has 2 aromatic carbocycles. The van der Waals surface area contributed by atoms with Crippen LogP contribution in [-0.4, -0.2) is 44.7 Å².